The number of hydrogen-bond donors (Lipinski definition) is 0. The molecule has 0 aromatic heterocycles. The van der Waals surface area contributed by atoms with Gasteiger partial charge in [0.15, 0.2) is 0 Å². The van der Waals surface area contributed by atoms with Crippen molar-refractivity contribution < 1.29 is 19.5 Å². The third-order valence-corrected chi connectivity index (χ3v) is 2.72. The molecule has 1 radical (unpaired) electrons. The summed E-state index contributed by atoms with van der Waals surface area (Å²) in [6.45, 7) is 8.36. The summed E-state index contributed by atoms with van der Waals surface area (Å²) in [5, 5.41) is 0. The van der Waals surface area contributed by atoms with Gasteiger partial charge in [0.2, 0.25) is 0 Å². The normalized spacial score (nSPS) is 10.8. The van der Waals surface area contributed by atoms with E-state index in [0.717, 1.165) is 12.8 Å². The van der Waals surface area contributed by atoms with E-state index in [-0.39, 0.29) is 34.3 Å². The van der Waals surface area contributed by atoms with E-state index in [2.05, 4.69) is 44.2 Å². The van der Waals surface area contributed by atoms with Gasteiger partial charge in [-0.05, 0) is 19.3 Å². The Morgan fingerprint density at radius 1 is 1.05 bits per heavy atom. The van der Waals surface area contributed by atoms with Crippen LogP contribution in [0.2, 0.25) is 0 Å². The van der Waals surface area contributed by atoms with Gasteiger partial charge in [-0.25, -0.2) is 0 Å². The molecule has 1 aromatic rings. The van der Waals surface area contributed by atoms with E-state index >= 15 is 0 Å². The molecule has 0 spiro atoms. The van der Waals surface area contributed by atoms with Gasteiger partial charge in [-0.1, -0.05) is 57.9 Å². The third-order valence-electron chi connectivity index (χ3n) is 2.72. The Hall–Kier alpha value is -0.677. The van der Waals surface area contributed by atoms with Gasteiger partial charge in [0.1, 0.15) is 0 Å². The standard InChI is InChI=1S/C8H12.C8H9.C2H6.2CH3.Ru/c2*1-2-8-6-4-3-5-7-8;1-2;;;/h3-4,7H,2,5-6H2,1H3;3-4,6-7H,2H2,1H3;1-2H3;2*1H3;/q;-1;;2*-1;+3. The zero-order valence-corrected chi connectivity index (χ0v) is 16.5. The van der Waals surface area contributed by atoms with Crippen LogP contribution in [0.5, 0.6) is 0 Å². The molecule has 0 saturated carbocycles. The van der Waals surface area contributed by atoms with Gasteiger partial charge in [0.25, 0.3) is 0 Å². The summed E-state index contributed by atoms with van der Waals surface area (Å²) in [5.41, 5.74) is 2.94. The fourth-order valence-corrected chi connectivity index (χ4v) is 1.59. The molecule has 1 aliphatic rings. The average molecular weight is 375 g/mol. The van der Waals surface area contributed by atoms with Crippen LogP contribution in [-0.4, -0.2) is 0 Å². The summed E-state index contributed by atoms with van der Waals surface area (Å²) in [6.07, 6.45) is 11.5. The predicted molar refractivity (Wildman–Crippen MR) is 95.6 cm³/mol. The Kier molecular flexibility index (Phi) is 29.3. The zero-order chi connectivity index (χ0) is 13.6. The summed E-state index contributed by atoms with van der Waals surface area (Å²) in [6, 6.07) is 11.1. The van der Waals surface area contributed by atoms with E-state index in [1.165, 1.54) is 18.4 Å². The topological polar surface area (TPSA) is 0 Å². The van der Waals surface area contributed by atoms with E-state index in [1.807, 2.05) is 32.0 Å². The third kappa shape index (κ3) is 15.5. The van der Waals surface area contributed by atoms with Crippen molar-refractivity contribution in [1.82, 2.24) is 0 Å². The van der Waals surface area contributed by atoms with Gasteiger partial charge in [-0.2, -0.15) is 35.9 Å². The molecule has 0 nitrogen and oxygen atoms in total. The van der Waals surface area contributed by atoms with Crippen molar-refractivity contribution in [2.75, 3.05) is 0 Å². The maximum absolute atomic E-state index is 3.01. The average Bonchev–Trinajstić information content (AvgIpc) is 2.51. The summed E-state index contributed by atoms with van der Waals surface area (Å²) < 4.78 is 0. The zero-order valence-electron chi connectivity index (χ0n) is 14.7. The molecule has 2 rings (SSSR count). The van der Waals surface area contributed by atoms with E-state index in [0.29, 0.717) is 0 Å². The molecule has 0 amide bonds. The van der Waals surface area contributed by atoms with Crippen LogP contribution in [0.4, 0.5) is 0 Å². The largest absolute Gasteiger partial charge is 3.00 e. The molecular weight excluding hydrogens is 341 g/mol. The maximum atomic E-state index is 3.01. The van der Waals surface area contributed by atoms with Gasteiger partial charge in [-0.15, -0.1) is 0 Å². The summed E-state index contributed by atoms with van der Waals surface area (Å²) in [7, 11) is 0. The smallest absolute Gasteiger partial charge is 0.358 e. The second kappa shape index (κ2) is 21.6. The molecule has 121 valence electrons. The Morgan fingerprint density at radius 2 is 1.71 bits per heavy atom. The Labute approximate surface area is 147 Å². The van der Waals surface area contributed by atoms with Crippen molar-refractivity contribution >= 4 is 0 Å². The molecule has 0 aliphatic heterocycles. The van der Waals surface area contributed by atoms with Crippen molar-refractivity contribution in [1.29, 1.82) is 0 Å². The molecular formula is C20H33Ru. The minimum atomic E-state index is 0. The number of aryl methyl sites for hydroxylation is 1. The Morgan fingerprint density at radius 3 is 2.00 bits per heavy atom. The number of allylic oxidation sites excluding steroid dienone is 4. The minimum Gasteiger partial charge on any atom is -0.358 e. The van der Waals surface area contributed by atoms with Crippen molar-refractivity contribution in [3.05, 3.63) is 74.5 Å². The molecule has 1 aliphatic carbocycles. The number of hydrogen-bond acceptors (Lipinski definition) is 0. The van der Waals surface area contributed by atoms with Crippen LogP contribution < -0.4 is 0 Å². The van der Waals surface area contributed by atoms with Crippen molar-refractivity contribution in [2.24, 2.45) is 0 Å². The van der Waals surface area contributed by atoms with Crippen LogP contribution in [0.15, 0.2) is 48.1 Å². The SMILES string of the molecule is CC.CCC1=CCC=CC1.CCc1c[c-]ccc1.[CH3-].[CH3-].[Ru+3]. The quantitative estimate of drug-likeness (QED) is 0.309. The molecule has 0 saturated heterocycles. The molecule has 0 N–H and O–H groups in total. The predicted octanol–water partition coefficient (Wildman–Crippen LogP) is 6.65. The fraction of sp³-hybridized carbons (Fsp3) is 0.400. The van der Waals surface area contributed by atoms with Crippen LogP contribution in [0.25, 0.3) is 0 Å². The van der Waals surface area contributed by atoms with Crippen molar-refractivity contribution in [2.45, 2.75) is 53.4 Å². The van der Waals surface area contributed by atoms with E-state index in [4.69, 9.17) is 0 Å². The second-order valence-corrected chi connectivity index (χ2v) is 3.89. The van der Waals surface area contributed by atoms with Crippen molar-refractivity contribution in [3.8, 4) is 0 Å². The minimum absolute atomic E-state index is 0. The first-order valence-corrected chi connectivity index (χ1v) is 7.14. The van der Waals surface area contributed by atoms with Gasteiger partial charge >= 0.3 is 19.5 Å². The fourth-order valence-electron chi connectivity index (χ4n) is 1.59. The first kappa shape index (κ1) is 28.5. The van der Waals surface area contributed by atoms with Crippen LogP contribution in [0.3, 0.4) is 0 Å². The van der Waals surface area contributed by atoms with Crippen LogP contribution in [-0.2, 0) is 25.9 Å². The van der Waals surface area contributed by atoms with Crippen LogP contribution >= 0.6 is 0 Å². The second-order valence-electron chi connectivity index (χ2n) is 3.89. The van der Waals surface area contributed by atoms with Gasteiger partial charge in [0.05, 0.1) is 0 Å². The van der Waals surface area contributed by atoms with E-state index in [9.17, 15) is 0 Å². The number of benzene rings is 1. The summed E-state index contributed by atoms with van der Waals surface area (Å²) in [5.74, 6) is 0. The van der Waals surface area contributed by atoms with Crippen LogP contribution in [0, 0.1) is 20.9 Å². The molecule has 0 fully saturated rings. The van der Waals surface area contributed by atoms with Crippen molar-refractivity contribution in [3.63, 3.8) is 0 Å². The van der Waals surface area contributed by atoms with Gasteiger partial charge in [-0.3, -0.25) is 0 Å². The van der Waals surface area contributed by atoms with E-state index < -0.39 is 0 Å². The number of rotatable bonds is 2. The van der Waals surface area contributed by atoms with E-state index in [1.54, 1.807) is 5.57 Å². The molecule has 0 heterocycles. The molecule has 0 atom stereocenters. The van der Waals surface area contributed by atoms with Gasteiger partial charge in [0, 0.05) is 0 Å². The molecule has 1 heteroatoms. The Balaban J connectivity index is -0.000000109. The first-order chi connectivity index (χ1) is 8.86. The molecule has 0 unspecified atom stereocenters. The first-order valence-electron chi connectivity index (χ1n) is 7.14. The summed E-state index contributed by atoms with van der Waals surface area (Å²) in [4.78, 5) is 0. The molecule has 0 bridgehead atoms. The molecule has 1 aromatic carbocycles. The van der Waals surface area contributed by atoms with Crippen LogP contribution in [0.1, 0.15) is 52.5 Å². The Bertz CT molecular complexity index is 336. The van der Waals surface area contributed by atoms with Gasteiger partial charge < -0.3 is 14.9 Å². The molecule has 21 heavy (non-hydrogen) atoms. The monoisotopic (exact) mass is 375 g/mol. The maximum Gasteiger partial charge on any atom is 3.00 e. The summed E-state index contributed by atoms with van der Waals surface area (Å²) >= 11 is 0.